The molecule has 5 rings (SSSR count). The monoisotopic (exact) mass is 383 g/mol. The molecule has 148 valence electrons. The Labute approximate surface area is 164 Å². The van der Waals surface area contributed by atoms with Gasteiger partial charge in [0.05, 0.1) is 19.4 Å². The number of piperazine rings is 1. The van der Waals surface area contributed by atoms with Gasteiger partial charge in [0.2, 0.25) is 5.95 Å². The van der Waals surface area contributed by atoms with E-state index in [4.69, 9.17) is 14.5 Å². The second-order valence-electron chi connectivity index (χ2n) is 7.37. The highest BCUT2D eigenvalue weighted by molar-refractivity contribution is 5.46. The van der Waals surface area contributed by atoms with Crippen LogP contribution in [-0.4, -0.2) is 78.4 Å². The lowest BCUT2D eigenvalue weighted by Gasteiger charge is -2.38. The van der Waals surface area contributed by atoms with Gasteiger partial charge in [0.25, 0.3) is 0 Å². The molecule has 9 heteroatoms. The molecule has 2 aromatic rings. The molecular formula is C19H25N7O2. The van der Waals surface area contributed by atoms with E-state index < -0.39 is 0 Å². The van der Waals surface area contributed by atoms with Gasteiger partial charge in [-0.15, -0.1) is 5.10 Å². The van der Waals surface area contributed by atoms with Gasteiger partial charge >= 0.3 is 0 Å². The van der Waals surface area contributed by atoms with Crippen LogP contribution in [0.3, 0.4) is 0 Å². The van der Waals surface area contributed by atoms with Crippen molar-refractivity contribution in [1.82, 2.24) is 20.2 Å². The Morgan fingerprint density at radius 3 is 2.21 bits per heavy atom. The molecule has 28 heavy (non-hydrogen) atoms. The highest BCUT2D eigenvalue weighted by atomic mass is 16.7. The summed E-state index contributed by atoms with van der Waals surface area (Å²) in [5, 5.41) is 8.49. The van der Waals surface area contributed by atoms with Gasteiger partial charge in [-0.1, -0.05) is 6.07 Å². The first kappa shape index (κ1) is 17.6. The summed E-state index contributed by atoms with van der Waals surface area (Å²) in [5.41, 5.74) is 0. The van der Waals surface area contributed by atoms with E-state index in [0.29, 0.717) is 19.2 Å². The minimum atomic E-state index is -0.386. The summed E-state index contributed by atoms with van der Waals surface area (Å²) in [6.07, 6.45) is 5.27. The van der Waals surface area contributed by atoms with Gasteiger partial charge in [-0.3, -0.25) is 0 Å². The SMILES string of the molecule is c1ccc(N2CCN(c3cnnc(N4CCC5(CC4)OCCO5)n3)CC2)nc1. The van der Waals surface area contributed by atoms with Gasteiger partial charge in [-0.05, 0) is 12.1 Å². The maximum absolute atomic E-state index is 5.81. The zero-order chi connectivity index (χ0) is 18.8. The maximum Gasteiger partial charge on any atom is 0.247 e. The second-order valence-corrected chi connectivity index (χ2v) is 7.37. The maximum atomic E-state index is 5.81. The molecule has 3 fully saturated rings. The topological polar surface area (TPSA) is 79.7 Å². The third kappa shape index (κ3) is 3.47. The van der Waals surface area contributed by atoms with E-state index in [-0.39, 0.29) is 5.79 Å². The zero-order valence-electron chi connectivity index (χ0n) is 15.9. The van der Waals surface area contributed by atoms with Crippen molar-refractivity contribution in [3.8, 4) is 0 Å². The number of pyridine rings is 1. The van der Waals surface area contributed by atoms with E-state index in [2.05, 4.69) is 35.9 Å². The molecule has 3 saturated heterocycles. The Hall–Kier alpha value is -2.52. The first-order valence-corrected chi connectivity index (χ1v) is 9.95. The molecular weight excluding hydrogens is 358 g/mol. The van der Waals surface area contributed by atoms with E-state index in [9.17, 15) is 0 Å². The van der Waals surface area contributed by atoms with E-state index in [0.717, 1.165) is 63.7 Å². The highest BCUT2D eigenvalue weighted by Gasteiger charge is 2.40. The number of nitrogens with zero attached hydrogens (tertiary/aromatic N) is 7. The van der Waals surface area contributed by atoms with Crippen LogP contribution in [-0.2, 0) is 9.47 Å². The summed E-state index contributed by atoms with van der Waals surface area (Å²) in [6.45, 7) is 6.63. The molecule has 3 aliphatic heterocycles. The van der Waals surface area contributed by atoms with Crippen molar-refractivity contribution in [2.45, 2.75) is 18.6 Å². The average molecular weight is 383 g/mol. The molecule has 0 amide bonds. The van der Waals surface area contributed by atoms with Crippen LogP contribution in [0, 0.1) is 0 Å². The predicted octanol–water partition coefficient (Wildman–Crippen LogP) is 0.936. The molecule has 9 nitrogen and oxygen atoms in total. The number of anilines is 3. The van der Waals surface area contributed by atoms with Crippen molar-refractivity contribution in [2.24, 2.45) is 0 Å². The average Bonchev–Trinajstić information content (AvgIpc) is 3.23. The number of ether oxygens (including phenoxy) is 2. The molecule has 0 aliphatic carbocycles. The summed E-state index contributed by atoms with van der Waals surface area (Å²) in [5.74, 6) is 2.22. The Morgan fingerprint density at radius 1 is 0.821 bits per heavy atom. The third-order valence-electron chi connectivity index (χ3n) is 5.73. The van der Waals surface area contributed by atoms with Gasteiger partial charge in [-0.25, -0.2) is 4.98 Å². The number of hydrogen-bond donors (Lipinski definition) is 0. The number of piperidine rings is 1. The summed E-state index contributed by atoms with van der Waals surface area (Å²) < 4.78 is 11.6. The number of aromatic nitrogens is 4. The van der Waals surface area contributed by atoms with Crippen molar-refractivity contribution < 1.29 is 9.47 Å². The van der Waals surface area contributed by atoms with Crippen LogP contribution in [0.15, 0.2) is 30.6 Å². The molecule has 1 spiro atoms. The predicted molar refractivity (Wildman–Crippen MR) is 105 cm³/mol. The summed E-state index contributed by atoms with van der Waals surface area (Å²) in [6, 6.07) is 6.03. The van der Waals surface area contributed by atoms with E-state index in [1.165, 1.54) is 0 Å². The summed E-state index contributed by atoms with van der Waals surface area (Å²) in [7, 11) is 0. The smallest absolute Gasteiger partial charge is 0.247 e. The van der Waals surface area contributed by atoms with Crippen LogP contribution in [0.4, 0.5) is 17.6 Å². The van der Waals surface area contributed by atoms with E-state index in [1.54, 1.807) is 6.20 Å². The van der Waals surface area contributed by atoms with Crippen LogP contribution >= 0.6 is 0 Å². The Balaban J connectivity index is 1.22. The van der Waals surface area contributed by atoms with Crippen LogP contribution in [0.2, 0.25) is 0 Å². The van der Waals surface area contributed by atoms with Gasteiger partial charge in [0, 0.05) is 58.3 Å². The fourth-order valence-corrected chi connectivity index (χ4v) is 4.11. The molecule has 0 radical (unpaired) electrons. The number of hydrogen-bond acceptors (Lipinski definition) is 9. The van der Waals surface area contributed by atoms with E-state index >= 15 is 0 Å². The third-order valence-corrected chi connectivity index (χ3v) is 5.73. The molecule has 0 unspecified atom stereocenters. The van der Waals surface area contributed by atoms with Crippen LogP contribution in [0.5, 0.6) is 0 Å². The molecule has 0 aromatic carbocycles. The molecule has 2 aromatic heterocycles. The van der Waals surface area contributed by atoms with Gasteiger partial charge in [-0.2, -0.15) is 10.1 Å². The molecule has 0 bridgehead atoms. The fourth-order valence-electron chi connectivity index (χ4n) is 4.11. The van der Waals surface area contributed by atoms with Crippen LogP contribution in [0.25, 0.3) is 0 Å². The van der Waals surface area contributed by atoms with Crippen LogP contribution in [0.1, 0.15) is 12.8 Å². The lowest BCUT2D eigenvalue weighted by molar-refractivity contribution is -0.169. The first-order chi connectivity index (χ1) is 13.8. The Bertz CT molecular complexity index is 782. The fraction of sp³-hybridized carbons (Fsp3) is 0.579. The van der Waals surface area contributed by atoms with Gasteiger partial charge < -0.3 is 24.2 Å². The van der Waals surface area contributed by atoms with Crippen molar-refractivity contribution in [2.75, 3.05) is 67.2 Å². The minimum Gasteiger partial charge on any atom is -0.353 e. The molecule has 0 saturated carbocycles. The summed E-state index contributed by atoms with van der Waals surface area (Å²) in [4.78, 5) is 16.0. The van der Waals surface area contributed by atoms with Gasteiger partial charge in [0.15, 0.2) is 11.6 Å². The number of rotatable bonds is 3. The largest absolute Gasteiger partial charge is 0.353 e. The van der Waals surface area contributed by atoms with E-state index in [1.807, 2.05) is 18.3 Å². The van der Waals surface area contributed by atoms with Crippen LogP contribution < -0.4 is 14.7 Å². The quantitative estimate of drug-likeness (QED) is 0.769. The van der Waals surface area contributed by atoms with Gasteiger partial charge in [0.1, 0.15) is 5.82 Å². The van der Waals surface area contributed by atoms with Crippen molar-refractivity contribution in [3.05, 3.63) is 30.6 Å². The lowest BCUT2D eigenvalue weighted by atomic mass is 10.0. The standard InChI is InChI=1S/C19H25N7O2/c1-2-6-20-16(3-1)24-9-11-25(12-10-24)17-15-21-23-18(22-17)26-7-4-19(5-8-26)27-13-14-28-19/h1-3,6,15H,4-5,7-14H2. The lowest BCUT2D eigenvalue weighted by Crippen LogP contribution is -2.48. The highest BCUT2D eigenvalue weighted by Crippen LogP contribution is 2.32. The summed E-state index contributed by atoms with van der Waals surface area (Å²) >= 11 is 0. The molecule has 3 aliphatic rings. The molecule has 0 N–H and O–H groups in total. The first-order valence-electron chi connectivity index (χ1n) is 9.95. The van der Waals surface area contributed by atoms with Crippen molar-refractivity contribution >= 4 is 17.6 Å². The Morgan fingerprint density at radius 2 is 1.54 bits per heavy atom. The molecule has 0 atom stereocenters. The minimum absolute atomic E-state index is 0.386. The van der Waals surface area contributed by atoms with Crippen molar-refractivity contribution in [1.29, 1.82) is 0 Å². The Kier molecular flexibility index (Phi) is 4.69. The zero-order valence-corrected chi connectivity index (χ0v) is 15.9. The molecule has 5 heterocycles. The second kappa shape index (κ2) is 7.48. The van der Waals surface area contributed by atoms with Crippen molar-refractivity contribution in [3.63, 3.8) is 0 Å². The normalized spacial score (nSPS) is 22.1.